The number of nitrogens with one attached hydrogen (secondary N) is 2. The highest BCUT2D eigenvalue weighted by Crippen LogP contribution is 2.34. The molecule has 1 amide bonds. The molecule has 0 heterocycles. The third-order valence-corrected chi connectivity index (χ3v) is 6.07. The van der Waals surface area contributed by atoms with Crippen LogP contribution in [0.15, 0.2) is 35.2 Å². The lowest BCUT2D eigenvalue weighted by atomic mass is 10.1. The topological polar surface area (TPSA) is 129 Å². The molecule has 0 atom stereocenters. The lowest BCUT2D eigenvalue weighted by Gasteiger charge is -2.15. The van der Waals surface area contributed by atoms with Crippen molar-refractivity contribution in [1.29, 1.82) is 0 Å². The summed E-state index contributed by atoms with van der Waals surface area (Å²) in [5.74, 6) is -0.615. The molecule has 2 N–H and O–H groups in total. The van der Waals surface area contributed by atoms with Gasteiger partial charge >= 0.3 is 5.97 Å². The maximum atomic E-state index is 12.4. The fourth-order valence-electron chi connectivity index (χ4n) is 2.68. The highest BCUT2D eigenvalue weighted by Gasteiger charge is 2.20. The SMILES string of the molecule is CCCNS(=O)(=O)c1ccc(OCC(=O)Nc2cc(OC)c(OC)cc2C(=O)OC)c(Cl)c1. The van der Waals surface area contributed by atoms with Crippen molar-refractivity contribution >= 4 is 39.2 Å². The number of esters is 1. The first kappa shape index (κ1) is 26.2. The average Bonchev–Trinajstić information content (AvgIpc) is 2.81. The summed E-state index contributed by atoms with van der Waals surface area (Å²) < 4.78 is 47.4. The standard InChI is InChI=1S/C21H25ClN2O8S/c1-5-8-23-33(27,28)13-6-7-17(15(22)9-13)32-12-20(25)24-16-11-19(30-3)18(29-2)10-14(16)21(26)31-4/h6-7,9-11,23H,5,8,12H2,1-4H3,(H,24,25). The molecule has 10 nitrogen and oxygen atoms in total. The van der Waals surface area contributed by atoms with Gasteiger partial charge < -0.3 is 24.3 Å². The molecular formula is C21H25ClN2O8S. The Morgan fingerprint density at radius 3 is 2.24 bits per heavy atom. The van der Waals surface area contributed by atoms with Crippen molar-refractivity contribution in [3.63, 3.8) is 0 Å². The summed E-state index contributed by atoms with van der Waals surface area (Å²) >= 11 is 6.13. The monoisotopic (exact) mass is 500 g/mol. The molecule has 2 aromatic carbocycles. The molecule has 0 aliphatic rings. The van der Waals surface area contributed by atoms with Gasteiger partial charge in [-0.25, -0.2) is 17.9 Å². The smallest absolute Gasteiger partial charge is 0.340 e. The predicted octanol–water partition coefficient (Wildman–Crippen LogP) is 2.85. The van der Waals surface area contributed by atoms with Crippen LogP contribution in [0.2, 0.25) is 5.02 Å². The van der Waals surface area contributed by atoms with Crippen molar-refractivity contribution in [2.75, 3.05) is 39.8 Å². The van der Waals surface area contributed by atoms with Gasteiger partial charge in [-0.1, -0.05) is 18.5 Å². The quantitative estimate of drug-likeness (QED) is 0.450. The van der Waals surface area contributed by atoms with Crippen LogP contribution in [0.3, 0.4) is 0 Å². The summed E-state index contributed by atoms with van der Waals surface area (Å²) in [4.78, 5) is 24.5. The van der Waals surface area contributed by atoms with E-state index in [9.17, 15) is 18.0 Å². The number of anilines is 1. The van der Waals surface area contributed by atoms with Crippen molar-refractivity contribution < 1.29 is 37.0 Å². The van der Waals surface area contributed by atoms with E-state index in [0.717, 1.165) is 0 Å². The summed E-state index contributed by atoms with van der Waals surface area (Å²) in [5, 5.41) is 2.57. The number of hydrogen-bond acceptors (Lipinski definition) is 8. The molecule has 2 aromatic rings. The normalized spacial score (nSPS) is 10.9. The Kier molecular flexibility index (Phi) is 9.32. The molecule has 12 heteroatoms. The van der Waals surface area contributed by atoms with Gasteiger partial charge in [-0.2, -0.15) is 0 Å². The van der Waals surface area contributed by atoms with Gasteiger partial charge in [0, 0.05) is 18.7 Å². The molecule has 0 saturated heterocycles. The zero-order chi connectivity index (χ0) is 24.6. The Morgan fingerprint density at radius 2 is 1.67 bits per heavy atom. The van der Waals surface area contributed by atoms with Crippen LogP contribution >= 0.6 is 11.6 Å². The molecule has 0 aliphatic carbocycles. The van der Waals surface area contributed by atoms with Gasteiger partial charge in [0.25, 0.3) is 5.91 Å². The molecule has 2 rings (SSSR count). The minimum absolute atomic E-state index is 0.0172. The van der Waals surface area contributed by atoms with Crippen molar-refractivity contribution in [3.8, 4) is 17.2 Å². The number of sulfonamides is 1. The number of halogens is 1. The second-order valence-corrected chi connectivity index (χ2v) is 8.75. The van der Waals surface area contributed by atoms with Crippen LogP contribution < -0.4 is 24.2 Å². The number of amides is 1. The first-order valence-electron chi connectivity index (χ1n) is 9.73. The first-order valence-corrected chi connectivity index (χ1v) is 11.6. The third kappa shape index (κ3) is 6.73. The Hall–Kier alpha value is -3.02. The van der Waals surface area contributed by atoms with Gasteiger partial charge in [0.05, 0.1) is 42.5 Å². The van der Waals surface area contributed by atoms with Gasteiger partial charge in [-0.3, -0.25) is 4.79 Å². The molecular weight excluding hydrogens is 476 g/mol. The van der Waals surface area contributed by atoms with Crippen LogP contribution in [0, 0.1) is 0 Å². The first-order chi connectivity index (χ1) is 15.7. The molecule has 0 spiro atoms. The van der Waals surface area contributed by atoms with Crippen LogP contribution in [0.5, 0.6) is 17.2 Å². The highest BCUT2D eigenvalue weighted by molar-refractivity contribution is 7.89. The maximum Gasteiger partial charge on any atom is 0.340 e. The minimum atomic E-state index is -3.70. The van der Waals surface area contributed by atoms with Crippen LogP contribution in [0.25, 0.3) is 0 Å². The second kappa shape index (κ2) is 11.7. The largest absolute Gasteiger partial charge is 0.493 e. The summed E-state index contributed by atoms with van der Waals surface area (Å²) in [6.07, 6.45) is 0.640. The van der Waals surface area contributed by atoms with Crippen LogP contribution in [-0.4, -0.2) is 54.8 Å². The van der Waals surface area contributed by atoms with Gasteiger partial charge in [0.1, 0.15) is 5.75 Å². The number of benzene rings is 2. The van der Waals surface area contributed by atoms with Crippen LogP contribution in [0.1, 0.15) is 23.7 Å². The van der Waals surface area contributed by atoms with Gasteiger partial charge in [-0.15, -0.1) is 0 Å². The molecule has 0 aromatic heterocycles. The summed E-state index contributed by atoms with van der Waals surface area (Å²) in [6.45, 7) is 1.67. The molecule has 0 fully saturated rings. The predicted molar refractivity (Wildman–Crippen MR) is 122 cm³/mol. The Morgan fingerprint density at radius 1 is 1.00 bits per heavy atom. The van der Waals surface area contributed by atoms with Gasteiger partial charge in [-0.05, 0) is 24.6 Å². The lowest BCUT2D eigenvalue weighted by Crippen LogP contribution is -2.24. The molecule has 180 valence electrons. The van der Waals surface area contributed by atoms with Crippen molar-refractivity contribution in [2.45, 2.75) is 18.2 Å². The minimum Gasteiger partial charge on any atom is -0.493 e. The van der Waals surface area contributed by atoms with E-state index in [1.807, 2.05) is 6.92 Å². The summed E-state index contributed by atoms with van der Waals surface area (Å²) in [6, 6.07) is 6.70. The summed E-state index contributed by atoms with van der Waals surface area (Å²) in [7, 11) is 0.328. The lowest BCUT2D eigenvalue weighted by molar-refractivity contribution is -0.118. The van der Waals surface area contributed by atoms with E-state index in [0.29, 0.717) is 13.0 Å². The fraction of sp³-hybridized carbons (Fsp3) is 0.333. The van der Waals surface area contributed by atoms with Crippen LogP contribution in [0.4, 0.5) is 5.69 Å². The molecule has 0 unspecified atom stereocenters. The van der Waals surface area contributed by atoms with E-state index >= 15 is 0 Å². The van der Waals surface area contributed by atoms with E-state index in [1.54, 1.807) is 0 Å². The number of ether oxygens (including phenoxy) is 4. The Balaban J connectivity index is 2.15. The van der Waals surface area contributed by atoms with E-state index in [2.05, 4.69) is 10.0 Å². The van der Waals surface area contributed by atoms with E-state index in [-0.39, 0.29) is 38.4 Å². The number of hydrogen-bond donors (Lipinski definition) is 2. The highest BCUT2D eigenvalue weighted by atomic mass is 35.5. The van der Waals surface area contributed by atoms with Crippen LogP contribution in [-0.2, 0) is 19.6 Å². The Bertz CT molecular complexity index is 1120. The van der Waals surface area contributed by atoms with E-state index in [1.165, 1.54) is 51.7 Å². The Labute approximate surface area is 197 Å². The zero-order valence-corrected chi connectivity index (χ0v) is 20.1. The third-order valence-electron chi connectivity index (χ3n) is 4.32. The van der Waals surface area contributed by atoms with Crippen molar-refractivity contribution in [3.05, 3.63) is 40.9 Å². The molecule has 0 radical (unpaired) electrons. The molecule has 0 aliphatic heterocycles. The summed E-state index contributed by atoms with van der Waals surface area (Å²) in [5.41, 5.74) is 0.179. The van der Waals surface area contributed by atoms with Crippen molar-refractivity contribution in [2.24, 2.45) is 0 Å². The number of methoxy groups -OCH3 is 3. The second-order valence-electron chi connectivity index (χ2n) is 6.57. The average molecular weight is 501 g/mol. The van der Waals surface area contributed by atoms with E-state index in [4.69, 9.17) is 30.5 Å². The molecule has 0 saturated carbocycles. The van der Waals surface area contributed by atoms with Gasteiger partial charge in [0.15, 0.2) is 18.1 Å². The molecule has 33 heavy (non-hydrogen) atoms. The van der Waals surface area contributed by atoms with Gasteiger partial charge in [0.2, 0.25) is 10.0 Å². The van der Waals surface area contributed by atoms with E-state index < -0.39 is 28.5 Å². The number of carbonyl (C=O) groups is 2. The fourth-order valence-corrected chi connectivity index (χ4v) is 4.14. The zero-order valence-electron chi connectivity index (χ0n) is 18.6. The molecule has 0 bridgehead atoms. The number of rotatable bonds is 11. The maximum absolute atomic E-state index is 12.4. The number of carbonyl (C=O) groups excluding carboxylic acids is 2. The van der Waals surface area contributed by atoms with Crippen molar-refractivity contribution in [1.82, 2.24) is 4.72 Å².